The van der Waals surface area contributed by atoms with Crippen molar-refractivity contribution in [3.05, 3.63) is 30.3 Å². The van der Waals surface area contributed by atoms with Crippen molar-refractivity contribution in [3.63, 3.8) is 0 Å². The van der Waals surface area contributed by atoms with E-state index in [1.54, 1.807) is 30.3 Å². The molecule has 2 saturated heterocycles. The summed E-state index contributed by atoms with van der Waals surface area (Å²) in [4.78, 5) is 27.7. The van der Waals surface area contributed by atoms with Crippen LogP contribution < -0.4 is 4.90 Å². The van der Waals surface area contributed by atoms with Crippen LogP contribution in [0.15, 0.2) is 30.3 Å². The van der Waals surface area contributed by atoms with Crippen molar-refractivity contribution in [2.75, 3.05) is 30.9 Å². The number of ether oxygens (including phenoxy) is 1. The van der Waals surface area contributed by atoms with Gasteiger partial charge in [0.1, 0.15) is 12.4 Å². The molecule has 136 valence electrons. The summed E-state index contributed by atoms with van der Waals surface area (Å²) in [6.07, 6.45) is 1.10. The molecular formula is C16H20N2O6S. The van der Waals surface area contributed by atoms with Gasteiger partial charge in [-0.2, -0.15) is 8.42 Å². The molecule has 0 N–H and O–H groups in total. The smallest absolute Gasteiger partial charge is 0.416 e. The fourth-order valence-corrected chi connectivity index (χ4v) is 4.42. The highest BCUT2D eigenvalue weighted by Gasteiger charge is 2.56. The molecule has 8 nitrogen and oxygen atoms in total. The maximum absolute atomic E-state index is 12.5. The quantitative estimate of drug-likeness (QED) is 0.728. The van der Waals surface area contributed by atoms with E-state index >= 15 is 0 Å². The highest BCUT2D eigenvalue weighted by atomic mass is 32.2. The molecule has 0 bridgehead atoms. The number of benzene rings is 1. The second-order valence-electron chi connectivity index (χ2n) is 6.08. The molecule has 0 spiro atoms. The minimum absolute atomic E-state index is 0.197. The van der Waals surface area contributed by atoms with E-state index < -0.39 is 27.6 Å². The minimum atomic E-state index is -3.97. The monoisotopic (exact) mass is 368 g/mol. The Morgan fingerprint density at radius 1 is 1.20 bits per heavy atom. The number of nitrogens with zero attached hydrogens (tertiary/aromatic N) is 2. The van der Waals surface area contributed by atoms with Crippen LogP contribution in [0.2, 0.25) is 0 Å². The second-order valence-corrected chi connectivity index (χ2v) is 7.82. The third-order valence-electron chi connectivity index (χ3n) is 4.53. The number of piperidine rings is 1. The molecule has 1 unspecified atom stereocenters. The lowest BCUT2D eigenvalue weighted by molar-refractivity contribution is -0.139. The summed E-state index contributed by atoms with van der Waals surface area (Å²) in [7, 11) is -2.91. The van der Waals surface area contributed by atoms with Crippen LogP contribution in [-0.2, 0) is 23.8 Å². The third kappa shape index (κ3) is 3.21. The van der Waals surface area contributed by atoms with Gasteiger partial charge in [0.05, 0.1) is 7.11 Å². The van der Waals surface area contributed by atoms with Crippen LogP contribution in [0.25, 0.3) is 0 Å². The molecule has 1 aromatic carbocycles. The third-order valence-corrected chi connectivity index (χ3v) is 5.85. The van der Waals surface area contributed by atoms with Crippen LogP contribution in [-0.4, -0.2) is 57.0 Å². The molecule has 2 amide bonds. The van der Waals surface area contributed by atoms with Crippen molar-refractivity contribution < 1.29 is 26.9 Å². The molecule has 25 heavy (non-hydrogen) atoms. The lowest BCUT2D eigenvalue weighted by atomic mass is 10.0. The van der Waals surface area contributed by atoms with Crippen LogP contribution in [0, 0.1) is 0 Å². The van der Waals surface area contributed by atoms with Gasteiger partial charge in [-0.1, -0.05) is 18.2 Å². The van der Waals surface area contributed by atoms with Gasteiger partial charge in [0.2, 0.25) is 5.91 Å². The molecule has 2 heterocycles. The minimum Gasteiger partial charge on any atom is -0.445 e. The van der Waals surface area contributed by atoms with E-state index in [0.29, 0.717) is 18.7 Å². The first-order valence-electron chi connectivity index (χ1n) is 8.00. The zero-order chi connectivity index (χ0) is 18.1. The van der Waals surface area contributed by atoms with Crippen molar-refractivity contribution in [1.82, 2.24) is 4.90 Å². The van der Waals surface area contributed by atoms with Crippen LogP contribution in [0.1, 0.15) is 19.3 Å². The molecule has 0 radical (unpaired) electrons. The summed E-state index contributed by atoms with van der Waals surface area (Å²) in [5.41, 5.74) is -0.986. The van der Waals surface area contributed by atoms with E-state index in [-0.39, 0.29) is 12.5 Å². The Labute approximate surface area is 146 Å². The van der Waals surface area contributed by atoms with Crippen molar-refractivity contribution in [1.29, 1.82) is 0 Å². The number of para-hydroxylation sites is 1. The van der Waals surface area contributed by atoms with Gasteiger partial charge in [0, 0.05) is 18.7 Å². The number of carbonyl (C=O) groups is 2. The van der Waals surface area contributed by atoms with E-state index in [0.717, 1.165) is 20.0 Å². The molecule has 0 aliphatic carbocycles. The summed E-state index contributed by atoms with van der Waals surface area (Å²) in [5.74, 6) is -0.750. The highest BCUT2D eigenvalue weighted by molar-refractivity contribution is 7.86. The van der Waals surface area contributed by atoms with Gasteiger partial charge >= 0.3 is 6.09 Å². The summed E-state index contributed by atoms with van der Waals surface area (Å²) in [6.45, 7) is 0.132. The highest BCUT2D eigenvalue weighted by Crippen LogP contribution is 2.37. The lowest BCUT2D eigenvalue weighted by Crippen LogP contribution is -2.66. The number of cyclic esters (lactones) is 1. The number of amides is 2. The van der Waals surface area contributed by atoms with E-state index in [1.807, 2.05) is 0 Å². The Hall–Kier alpha value is -2.13. The van der Waals surface area contributed by atoms with Gasteiger partial charge < -0.3 is 9.64 Å². The molecule has 1 aromatic rings. The maximum Gasteiger partial charge on any atom is 0.416 e. The molecule has 2 aliphatic heterocycles. The van der Waals surface area contributed by atoms with Crippen LogP contribution in [0.3, 0.4) is 0 Å². The Morgan fingerprint density at radius 3 is 2.56 bits per heavy atom. The SMILES string of the molecule is COS(=O)(=O)CC1(N2CCCCC2=O)COC(=O)N1c1ccccc1. The zero-order valence-corrected chi connectivity index (χ0v) is 14.7. The normalized spacial score (nSPS) is 24.5. The predicted octanol–water partition coefficient (Wildman–Crippen LogP) is 1.33. The molecular weight excluding hydrogens is 348 g/mol. The predicted molar refractivity (Wildman–Crippen MR) is 89.4 cm³/mol. The molecule has 2 aliphatic rings. The van der Waals surface area contributed by atoms with Gasteiger partial charge in [-0.25, -0.2) is 9.69 Å². The molecule has 0 aromatic heterocycles. The van der Waals surface area contributed by atoms with Gasteiger partial charge in [-0.3, -0.25) is 8.98 Å². The lowest BCUT2D eigenvalue weighted by Gasteiger charge is -2.45. The summed E-state index contributed by atoms with van der Waals surface area (Å²) >= 11 is 0. The van der Waals surface area contributed by atoms with Gasteiger partial charge in [0.25, 0.3) is 10.1 Å². The van der Waals surface area contributed by atoms with Gasteiger partial charge in [-0.15, -0.1) is 0 Å². The number of anilines is 1. The summed E-state index contributed by atoms with van der Waals surface area (Å²) in [6, 6.07) is 8.60. The molecule has 3 rings (SSSR count). The standard InChI is InChI=1S/C16H20N2O6S/c1-23-25(21,22)12-16(17-10-6-5-9-14(17)19)11-24-15(20)18(16)13-7-3-2-4-8-13/h2-4,7-8H,5-6,9-12H2,1H3. The van der Waals surface area contributed by atoms with Crippen molar-refractivity contribution >= 4 is 27.8 Å². The van der Waals surface area contributed by atoms with E-state index in [4.69, 9.17) is 4.74 Å². The molecule has 2 fully saturated rings. The van der Waals surface area contributed by atoms with E-state index in [1.165, 1.54) is 9.80 Å². The first kappa shape index (κ1) is 17.7. The summed E-state index contributed by atoms with van der Waals surface area (Å²) in [5, 5.41) is 0. The van der Waals surface area contributed by atoms with Gasteiger partial charge in [-0.05, 0) is 25.0 Å². The number of carbonyl (C=O) groups excluding carboxylic acids is 2. The topological polar surface area (TPSA) is 93.2 Å². The Morgan fingerprint density at radius 2 is 1.92 bits per heavy atom. The fraction of sp³-hybridized carbons (Fsp3) is 0.500. The molecule has 0 saturated carbocycles. The summed E-state index contributed by atoms with van der Waals surface area (Å²) < 4.78 is 34.3. The molecule has 1 atom stereocenters. The number of likely N-dealkylation sites (tertiary alicyclic amines) is 1. The van der Waals surface area contributed by atoms with Crippen LogP contribution in [0.5, 0.6) is 0 Å². The number of rotatable bonds is 5. The number of hydrogen-bond acceptors (Lipinski definition) is 6. The van der Waals surface area contributed by atoms with Crippen molar-refractivity contribution in [2.45, 2.75) is 24.9 Å². The Bertz CT molecular complexity index is 766. The van der Waals surface area contributed by atoms with Crippen LogP contribution >= 0.6 is 0 Å². The van der Waals surface area contributed by atoms with Crippen LogP contribution in [0.4, 0.5) is 10.5 Å². The van der Waals surface area contributed by atoms with Crippen molar-refractivity contribution in [2.24, 2.45) is 0 Å². The molecule has 9 heteroatoms. The van der Waals surface area contributed by atoms with E-state index in [2.05, 4.69) is 4.18 Å². The average Bonchev–Trinajstić information content (AvgIpc) is 2.92. The van der Waals surface area contributed by atoms with Gasteiger partial charge in [0.15, 0.2) is 5.66 Å². The number of hydrogen-bond donors (Lipinski definition) is 0. The zero-order valence-electron chi connectivity index (χ0n) is 13.9. The average molecular weight is 368 g/mol. The fourth-order valence-electron chi connectivity index (χ4n) is 3.37. The van der Waals surface area contributed by atoms with Crippen molar-refractivity contribution in [3.8, 4) is 0 Å². The Kier molecular flexibility index (Phi) is 4.70. The largest absolute Gasteiger partial charge is 0.445 e. The first-order chi connectivity index (χ1) is 11.9. The maximum atomic E-state index is 12.5. The van der Waals surface area contributed by atoms with E-state index in [9.17, 15) is 18.0 Å². The second kappa shape index (κ2) is 6.64. The first-order valence-corrected chi connectivity index (χ1v) is 9.58. The Balaban J connectivity index is 2.12.